The van der Waals surface area contributed by atoms with Crippen molar-refractivity contribution in [1.82, 2.24) is 4.57 Å². The number of carbonyl (C=O) groups is 3. The maximum atomic E-state index is 11.6. The second-order valence-electron chi connectivity index (χ2n) is 3.89. The Morgan fingerprint density at radius 2 is 1.95 bits per heavy atom. The standard InChI is InChI=1S/C12H9ClN2O4/c1-5(16)15-7-4-2-3-6(11(14)17)8(7)9(10(15)13)12(18)19/h2-4H,1H3,(H2,14,17)(H,18,19). The van der Waals surface area contributed by atoms with Crippen molar-refractivity contribution in [3.05, 3.63) is 34.5 Å². The third-order valence-corrected chi connectivity index (χ3v) is 3.09. The van der Waals surface area contributed by atoms with E-state index in [1.807, 2.05) is 0 Å². The van der Waals surface area contributed by atoms with Crippen LogP contribution in [0.3, 0.4) is 0 Å². The fraction of sp³-hybridized carbons (Fsp3) is 0.0833. The van der Waals surface area contributed by atoms with Gasteiger partial charge >= 0.3 is 5.97 Å². The van der Waals surface area contributed by atoms with Gasteiger partial charge in [0.1, 0.15) is 10.7 Å². The van der Waals surface area contributed by atoms with Crippen molar-refractivity contribution in [2.45, 2.75) is 6.92 Å². The van der Waals surface area contributed by atoms with Crippen molar-refractivity contribution in [3.8, 4) is 0 Å². The number of halogens is 1. The zero-order valence-electron chi connectivity index (χ0n) is 9.81. The predicted octanol–water partition coefficient (Wildman–Crippen LogP) is 1.75. The van der Waals surface area contributed by atoms with Gasteiger partial charge in [-0.3, -0.25) is 14.2 Å². The maximum Gasteiger partial charge on any atom is 0.339 e. The smallest absolute Gasteiger partial charge is 0.339 e. The van der Waals surface area contributed by atoms with Gasteiger partial charge in [0, 0.05) is 17.9 Å². The Labute approximate surface area is 112 Å². The second-order valence-corrected chi connectivity index (χ2v) is 4.25. The molecule has 0 aliphatic rings. The summed E-state index contributed by atoms with van der Waals surface area (Å²) in [7, 11) is 0. The van der Waals surface area contributed by atoms with Crippen molar-refractivity contribution < 1.29 is 19.5 Å². The number of fused-ring (bicyclic) bond motifs is 1. The Morgan fingerprint density at radius 3 is 2.42 bits per heavy atom. The van der Waals surface area contributed by atoms with Crippen molar-refractivity contribution in [2.75, 3.05) is 0 Å². The summed E-state index contributed by atoms with van der Waals surface area (Å²) in [5.74, 6) is -2.57. The largest absolute Gasteiger partial charge is 0.478 e. The fourth-order valence-corrected chi connectivity index (χ4v) is 2.40. The molecule has 0 aliphatic carbocycles. The average molecular weight is 281 g/mol. The molecule has 0 saturated carbocycles. The summed E-state index contributed by atoms with van der Waals surface area (Å²) in [5.41, 5.74) is 5.16. The van der Waals surface area contributed by atoms with Crippen molar-refractivity contribution in [2.24, 2.45) is 5.73 Å². The first-order valence-corrected chi connectivity index (χ1v) is 5.61. The molecule has 1 amide bonds. The highest BCUT2D eigenvalue weighted by Gasteiger charge is 2.26. The van der Waals surface area contributed by atoms with Crippen molar-refractivity contribution >= 4 is 40.3 Å². The van der Waals surface area contributed by atoms with Gasteiger partial charge < -0.3 is 10.8 Å². The number of aromatic nitrogens is 1. The summed E-state index contributed by atoms with van der Waals surface area (Å²) in [4.78, 5) is 34.2. The Hall–Kier alpha value is -2.34. The zero-order chi connectivity index (χ0) is 14.3. The van der Waals surface area contributed by atoms with Gasteiger partial charge in [0.05, 0.1) is 5.52 Å². The minimum atomic E-state index is -1.33. The molecule has 1 aromatic carbocycles. The van der Waals surface area contributed by atoms with Crippen molar-refractivity contribution in [1.29, 1.82) is 0 Å². The van der Waals surface area contributed by atoms with Gasteiger partial charge in [-0.25, -0.2) is 4.79 Å². The van der Waals surface area contributed by atoms with Crippen LogP contribution in [0, 0.1) is 0 Å². The van der Waals surface area contributed by atoms with Gasteiger partial charge in [0.25, 0.3) is 0 Å². The number of nitrogens with two attached hydrogens (primary N) is 1. The van der Waals surface area contributed by atoms with E-state index in [0.717, 1.165) is 4.57 Å². The monoisotopic (exact) mass is 280 g/mol. The van der Waals surface area contributed by atoms with Crippen LogP contribution in [0.1, 0.15) is 32.4 Å². The number of hydrogen-bond donors (Lipinski definition) is 2. The number of carboxylic acid groups (broad SMARTS) is 1. The van der Waals surface area contributed by atoms with Gasteiger partial charge in [-0.2, -0.15) is 0 Å². The minimum Gasteiger partial charge on any atom is -0.478 e. The number of carboxylic acids is 1. The molecule has 1 aromatic heterocycles. The summed E-state index contributed by atoms with van der Waals surface area (Å²) < 4.78 is 1.03. The molecule has 7 heteroatoms. The van der Waals surface area contributed by atoms with Gasteiger partial charge in [-0.1, -0.05) is 17.7 Å². The fourth-order valence-electron chi connectivity index (χ4n) is 2.02. The van der Waals surface area contributed by atoms with Crippen LogP contribution >= 0.6 is 11.6 Å². The third kappa shape index (κ3) is 1.86. The number of aromatic carboxylic acids is 1. The van der Waals surface area contributed by atoms with Crippen LogP contribution in [0.2, 0.25) is 5.15 Å². The molecule has 2 aromatic rings. The highest BCUT2D eigenvalue weighted by Crippen LogP contribution is 2.32. The molecule has 0 bridgehead atoms. The summed E-state index contributed by atoms with van der Waals surface area (Å²) in [5, 5.41) is 9.03. The van der Waals surface area contributed by atoms with E-state index < -0.39 is 17.8 Å². The van der Waals surface area contributed by atoms with E-state index in [1.165, 1.54) is 25.1 Å². The van der Waals surface area contributed by atoms with E-state index in [1.54, 1.807) is 0 Å². The van der Waals surface area contributed by atoms with E-state index in [9.17, 15) is 19.5 Å². The first-order valence-electron chi connectivity index (χ1n) is 5.23. The summed E-state index contributed by atoms with van der Waals surface area (Å²) in [6.07, 6.45) is 0. The lowest BCUT2D eigenvalue weighted by Crippen LogP contribution is -2.12. The number of benzene rings is 1. The van der Waals surface area contributed by atoms with Gasteiger partial charge in [0.2, 0.25) is 11.8 Å². The lowest BCUT2D eigenvalue weighted by molar-refractivity contribution is 0.0699. The topological polar surface area (TPSA) is 102 Å². The number of rotatable bonds is 2. The number of nitrogens with zero attached hydrogens (tertiary/aromatic N) is 1. The highest BCUT2D eigenvalue weighted by atomic mass is 35.5. The molecule has 0 spiro atoms. The molecular weight excluding hydrogens is 272 g/mol. The minimum absolute atomic E-state index is 0.0109. The second kappa shape index (κ2) is 4.40. The molecule has 2 rings (SSSR count). The Bertz CT molecular complexity index is 733. The highest BCUT2D eigenvalue weighted by molar-refractivity contribution is 6.37. The van der Waals surface area contributed by atoms with Crippen LogP contribution < -0.4 is 5.73 Å². The van der Waals surface area contributed by atoms with Crippen LogP contribution in [0.5, 0.6) is 0 Å². The summed E-state index contributed by atoms with van der Waals surface area (Å²) in [6.45, 7) is 1.24. The molecule has 0 saturated heterocycles. The van der Waals surface area contributed by atoms with Gasteiger partial charge in [-0.05, 0) is 12.1 Å². The van der Waals surface area contributed by atoms with Crippen LogP contribution in [-0.2, 0) is 0 Å². The molecule has 6 nitrogen and oxygen atoms in total. The van der Waals surface area contributed by atoms with Crippen LogP contribution in [0.25, 0.3) is 10.9 Å². The van der Waals surface area contributed by atoms with E-state index in [2.05, 4.69) is 0 Å². The van der Waals surface area contributed by atoms with Gasteiger partial charge in [-0.15, -0.1) is 0 Å². The van der Waals surface area contributed by atoms with E-state index in [-0.39, 0.29) is 27.2 Å². The lowest BCUT2D eigenvalue weighted by Gasteiger charge is -2.01. The van der Waals surface area contributed by atoms with Crippen LogP contribution in [0.15, 0.2) is 18.2 Å². The van der Waals surface area contributed by atoms with Crippen LogP contribution in [0.4, 0.5) is 0 Å². The number of primary amides is 1. The van der Waals surface area contributed by atoms with Gasteiger partial charge in [0.15, 0.2) is 0 Å². The average Bonchev–Trinajstić information content (AvgIpc) is 2.59. The predicted molar refractivity (Wildman–Crippen MR) is 68.7 cm³/mol. The number of carbonyl (C=O) groups excluding carboxylic acids is 2. The molecule has 0 aliphatic heterocycles. The van der Waals surface area contributed by atoms with Crippen LogP contribution in [-0.4, -0.2) is 27.5 Å². The van der Waals surface area contributed by atoms with E-state index in [4.69, 9.17) is 17.3 Å². The van der Waals surface area contributed by atoms with E-state index >= 15 is 0 Å². The number of hydrogen-bond acceptors (Lipinski definition) is 3. The molecule has 0 radical (unpaired) electrons. The molecular formula is C12H9ClN2O4. The molecule has 19 heavy (non-hydrogen) atoms. The third-order valence-electron chi connectivity index (χ3n) is 2.73. The quantitative estimate of drug-likeness (QED) is 0.874. The summed E-state index contributed by atoms with van der Waals surface area (Å²) >= 11 is 5.93. The van der Waals surface area contributed by atoms with Crippen molar-refractivity contribution in [3.63, 3.8) is 0 Å². The molecule has 0 unspecified atom stereocenters. The molecule has 3 N–H and O–H groups in total. The Morgan fingerprint density at radius 1 is 1.32 bits per heavy atom. The maximum absolute atomic E-state index is 11.6. The number of amides is 1. The Kier molecular flexibility index (Phi) is 3.03. The zero-order valence-corrected chi connectivity index (χ0v) is 10.6. The normalized spacial score (nSPS) is 10.6. The molecule has 98 valence electrons. The molecule has 0 fully saturated rings. The Balaban J connectivity index is 3.07. The molecule has 0 atom stereocenters. The first-order chi connectivity index (χ1) is 8.86. The summed E-state index contributed by atoms with van der Waals surface area (Å²) in [6, 6.07) is 4.39. The first kappa shape index (κ1) is 13.1. The van der Waals surface area contributed by atoms with E-state index in [0.29, 0.717) is 0 Å². The SMILES string of the molecule is CC(=O)n1c(Cl)c(C(=O)O)c2c(C(N)=O)cccc21. The lowest BCUT2D eigenvalue weighted by atomic mass is 10.1. The molecule has 1 heterocycles.